The molecule has 2 aliphatic heterocycles. The van der Waals surface area contributed by atoms with Gasteiger partial charge < -0.3 is 9.80 Å². The first-order valence-corrected chi connectivity index (χ1v) is 9.71. The summed E-state index contributed by atoms with van der Waals surface area (Å²) < 4.78 is 15.1. The van der Waals surface area contributed by atoms with Crippen LogP contribution in [0.4, 0.5) is 4.39 Å². The number of halogens is 1. The average molecular weight is 385 g/mol. The van der Waals surface area contributed by atoms with Gasteiger partial charge in [0.05, 0.1) is 18.8 Å². The Morgan fingerprint density at radius 2 is 2.14 bits per heavy atom. The lowest BCUT2D eigenvalue weighted by Crippen LogP contribution is -2.51. The van der Waals surface area contributed by atoms with Crippen molar-refractivity contribution in [1.82, 2.24) is 24.8 Å². The zero-order valence-corrected chi connectivity index (χ0v) is 16.0. The highest BCUT2D eigenvalue weighted by Gasteiger charge is 2.32. The summed E-state index contributed by atoms with van der Waals surface area (Å²) in [5.74, 6) is 0.0505. The maximum Gasteiger partial charge on any atom is 0.223 e. The van der Waals surface area contributed by atoms with Gasteiger partial charge >= 0.3 is 0 Å². The Kier molecular flexibility index (Phi) is 5.11. The predicted octanol–water partition coefficient (Wildman–Crippen LogP) is 1.86. The summed E-state index contributed by atoms with van der Waals surface area (Å²) in [7, 11) is 0. The van der Waals surface area contributed by atoms with E-state index in [1.54, 1.807) is 23.7 Å². The standard InChI is InChI=1S/C20H24FN5O2/c1-14-9-15(4-6-18(14)21)5-7-20(28)25-12-17(13-25)26-11-16(22-23-26)10-24-8-2-3-19(24)27/h4,6,9,11,17H,2-3,5,7-8,10,12-13H2,1H3. The Labute approximate surface area is 163 Å². The molecule has 3 heterocycles. The van der Waals surface area contributed by atoms with E-state index in [4.69, 9.17) is 0 Å². The number of carbonyl (C=O) groups excluding carboxylic acids is 2. The first kappa shape index (κ1) is 18.6. The van der Waals surface area contributed by atoms with Crippen LogP contribution in [0.15, 0.2) is 24.4 Å². The summed E-state index contributed by atoms with van der Waals surface area (Å²) in [5, 5.41) is 8.33. The van der Waals surface area contributed by atoms with Crippen molar-refractivity contribution in [2.24, 2.45) is 0 Å². The molecular weight excluding hydrogens is 361 g/mol. The maximum atomic E-state index is 13.3. The van der Waals surface area contributed by atoms with E-state index in [9.17, 15) is 14.0 Å². The predicted molar refractivity (Wildman–Crippen MR) is 99.7 cm³/mol. The smallest absolute Gasteiger partial charge is 0.223 e. The van der Waals surface area contributed by atoms with Crippen LogP contribution < -0.4 is 0 Å². The molecule has 0 bridgehead atoms. The summed E-state index contributed by atoms with van der Waals surface area (Å²) in [4.78, 5) is 27.7. The second-order valence-corrected chi connectivity index (χ2v) is 7.64. The van der Waals surface area contributed by atoms with Gasteiger partial charge in [0.15, 0.2) is 0 Å². The number of amides is 2. The summed E-state index contributed by atoms with van der Waals surface area (Å²) >= 11 is 0. The fraction of sp³-hybridized carbons (Fsp3) is 0.500. The zero-order chi connectivity index (χ0) is 19.7. The van der Waals surface area contributed by atoms with Gasteiger partial charge in [0.1, 0.15) is 11.5 Å². The summed E-state index contributed by atoms with van der Waals surface area (Å²) in [6.07, 6.45) is 4.42. The number of likely N-dealkylation sites (tertiary alicyclic amines) is 2. The van der Waals surface area contributed by atoms with Crippen molar-refractivity contribution in [2.75, 3.05) is 19.6 Å². The first-order chi connectivity index (χ1) is 13.5. The van der Waals surface area contributed by atoms with E-state index in [-0.39, 0.29) is 23.7 Å². The molecule has 0 radical (unpaired) electrons. The topological polar surface area (TPSA) is 71.3 Å². The molecule has 2 amide bonds. The lowest BCUT2D eigenvalue weighted by atomic mass is 10.0. The minimum atomic E-state index is -0.220. The van der Waals surface area contributed by atoms with Crippen molar-refractivity contribution in [3.63, 3.8) is 0 Å². The van der Waals surface area contributed by atoms with Gasteiger partial charge in [0, 0.05) is 32.5 Å². The number of benzene rings is 1. The van der Waals surface area contributed by atoms with Crippen LogP contribution in [0.5, 0.6) is 0 Å². The normalized spacial score (nSPS) is 17.3. The van der Waals surface area contributed by atoms with Crippen molar-refractivity contribution in [1.29, 1.82) is 0 Å². The number of rotatable bonds is 6. The lowest BCUT2D eigenvalue weighted by Gasteiger charge is -2.39. The zero-order valence-electron chi connectivity index (χ0n) is 16.0. The van der Waals surface area contributed by atoms with E-state index in [0.29, 0.717) is 44.5 Å². The van der Waals surface area contributed by atoms with Crippen LogP contribution in [0.1, 0.15) is 42.1 Å². The minimum absolute atomic E-state index is 0.0984. The third-order valence-electron chi connectivity index (χ3n) is 5.52. The van der Waals surface area contributed by atoms with Crippen LogP contribution in [0.3, 0.4) is 0 Å². The molecule has 2 aromatic rings. The van der Waals surface area contributed by atoms with E-state index >= 15 is 0 Å². The molecular formula is C20H24FN5O2. The van der Waals surface area contributed by atoms with E-state index in [1.165, 1.54) is 6.07 Å². The van der Waals surface area contributed by atoms with Crippen LogP contribution in [0, 0.1) is 12.7 Å². The summed E-state index contributed by atoms with van der Waals surface area (Å²) in [6.45, 7) is 4.25. The van der Waals surface area contributed by atoms with Gasteiger partial charge in [-0.25, -0.2) is 9.07 Å². The van der Waals surface area contributed by atoms with Crippen LogP contribution >= 0.6 is 0 Å². The lowest BCUT2D eigenvalue weighted by molar-refractivity contribution is -0.137. The molecule has 0 unspecified atom stereocenters. The minimum Gasteiger partial charge on any atom is -0.338 e. The second-order valence-electron chi connectivity index (χ2n) is 7.64. The van der Waals surface area contributed by atoms with Gasteiger partial charge in [-0.1, -0.05) is 17.3 Å². The van der Waals surface area contributed by atoms with Crippen molar-refractivity contribution in [2.45, 2.75) is 45.2 Å². The molecule has 1 aromatic heterocycles. The van der Waals surface area contributed by atoms with Crippen LogP contribution in [0.25, 0.3) is 0 Å². The first-order valence-electron chi connectivity index (χ1n) is 9.71. The monoisotopic (exact) mass is 385 g/mol. The van der Waals surface area contributed by atoms with Crippen molar-refractivity contribution >= 4 is 11.8 Å². The maximum absolute atomic E-state index is 13.3. The SMILES string of the molecule is Cc1cc(CCC(=O)N2CC(n3cc(CN4CCCC4=O)nn3)C2)ccc1F. The number of hydrogen-bond donors (Lipinski definition) is 0. The van der Waals surface area contributed by atoms with Crippen molar-refractivity contribution < 1.29 is 14.0 Å². The molecule has 0 atom stereocenters. The summed E-state index contributed by atoms with van der Waals surface area (Å²) in [6, 6.07) is 5.11. The highest BCUT2D eigenvalue weighted by molar-refractivity contribution is 5.78. The van der Waals surface area contributed by atoms with Crippen molar-refractivity contribution in [3.05, 3.63) is 47.0 Å². The quantitative estimate of drug-likeness (QED) is 0.761. The van der Waals surface area contributed by atoms with E-state index in [0.717, 1.165) is 24.2 Å². The Morgan fingerprint density at radius 1 is 1.32 bits per heavy atom. The number of hydrogen-bond acceptors (Lipinski definition) is 4. The molecule has 28 heavy (non-hydrogen) atoms. The van der Waals surface area contributed by atoms with Gasteiger partial charge in [0.25, 0.3) is 0 Å². The average Bonchev–Trinajstić information content (AvgIpc) is 3.25. The molecule has 2 aliphatic rings. The fourth-order valence-corrected chi connectivity index (χ4v) is 3.73. The number of aryl methyl sites for hydroxylation is 2. The summed E-state index contributed by atoms with van der Waals surface area (Å²) in [5.41, 5.74) is 2.36. The van der Waals surface area contributed by atoms with Crippen LogP contribution in [-0.2, 0) is 22.6 Å². The molecule has 0 N–H and O–H groups in total. The van der Waals surface area contributed by atoms with Gasteiger partial charge in [0.2, 0.25) is 11.8 Å². The van der Waals surface area contributed by atoms with Gasteiger partial charge in [-0.15, -0.1) is 5.10 Å². The Hall–Kier alpha value is -2.77. The van der Waals surface area contributed by atoms with Crippen LogP contribution in [0.2, 0.25) is 0 Å². The fourth-order valence-electron chi connectivity index (χ4n) is 3.73. The Morgan fingerprint density at radius 3 is 2.86 bits per heavy atom. The molecule has 0 spiro atoms. The van der Waals surface area contributed by atoms with Crippen LogP contribution in [-0.4, -0.2) is 56.2 Å². The molecule has 2 fully saturated rings. The third kappa shape index (κ3) is 3.90. The molecule has 4 rings (SSSR count). The van der Waals surface area contributed by atoms with E-state index < -0.39 is 0 Å². The molecule has 1 aromatic carbocycles. The van der Waals surface area contributed by atoms with Gasteiger partial charge in [-0.3, -0.25) is 9.59 Å². The largest absolute Gasteiger partial charge is 0.338 e. The molecule has 8 heteroatoms. The molecule has 0 saturated carbocycles. The third-order valence-corrected chi connectivity index (χ3v) is 5.52. The number of nitrogens with zero attached hydrogens (tertiary/aromatic N) is 5. The van der Waals surface area contributed by atoms with Crippen molar-refractivity contribution in [3.8, 4) is 0 Å². The van der Waals surface area contributed by atoms with Gasteiger partial charge in [-0.2, -0.15) is 0 Å². The highest BCUT2D eigenvalue weighted by atomic mass is 19.1. The molecule has 7 nitrogen and oxygen atoms in total. The number of aromatic nitrogens is 3. The van der Waals surface area contributed by atoms with E-state index in [1.807, 2.05) is 16.0 Å². The highest BCUT2D eigenvalue weighted by Crippen LogP contribution is 2.22. The number of carbonyl (C=O) groups is 2. The molecule has 148 valence electrons. The molecule has 2 saturated heterocycles. The van der Waals surface area contributed by atoms with Gasteiger partial charge in [-0.05, 0) is 37.0 Å². The Balaban J connectivity index is 1.24. The Bertz CT molecular complexity index is 890. The van der Waals surface area contributed by atoms with E-state index in [2.05, 4.69) is 10.3 Å². The molecule has 0 aliphatic carbocycles. The second kappa shape index (κ2) is 7.69.